The molecule has 28 heavy (non-hydrogen) atoms. The van der Waals surface area contributed by atoms with Crippen LogP contribution in [-0.4, -0.2) is 46.0 Å². The molecule has 1 aliphatic rings. The summed E-state index contributed by atoms with van der Waals surface area (Å²) in [4.78, 5) is 43.1. The number of nitrogens with zero attached hydrogens (tertiary/aromatic N) is 3. The molecule has 1 saturated heterocycles. The van der Waals surface area contributed by atoms with Gasteiger partial charge in [-0.3, -0.25) is 9.59 Å². The lowest BCUT2D eigenvalue weighted by Gasteiger charge is -2.34. The maximum absolute atomic E-state index is 12.4. The third-order valence-corrected chi connectivity index (χ3v) is 5.21. The van der Waals surface area contributed by atoms with E-state index >= 15 is 0 Å². The van der Waals surface area contributed by atoms with E-state index < -0.39 is 5.97 Å². The Morgan fingerprint density at radius 3 is 2.54 bits per heavy atom. The normalized spacial score (nSPS) is 19.6. The van der Waals surface area contributed by atoms with Gasteiger partial charge in [-0.15, -0.1) is 0 Å². The molecule has 0 N–H and O–H groups in total. The Morgan fingerprint density at radius 1 is 1.21 bits per heavy atom. The molecule has 0 saturated carbocycles. The highest BCUT2D eigenvalue weighted by Gasteiger charge is 2.26. The number of hydrogen-bond acceptors (Lipinski definition) is 5. The zero-order chi connectivity index (χ0) is 20.4. The molecule has 0 aliphatic carbocycles. The van der Waals surface area contributed by atoms with E-state index in [4.69, 9.17) is 4.74 Å². The summed E-state index contributed by atoms with van der Waals surface area (Å²) < 4.78 is 6.87. The standard InChI is InChI=1S/C21H27N3O4/c1-5-24-18-7-6-16(9-17(18)22-15(4)20(24)26)21(27)28-12-19(25)23-10-13(2)8-14(3)11-23/h6-7,9,13-14H,5,8,10-12H2,1-4H3/t13-,14+. The van der Waals surface area contributed by atoms with Gasteiger partial charge in [0.25, 0.3) is 11.5 Å². The number of likely N-dealkylation sites (tertiary alicyclic amines) is 1. The summed E-state index contributed by atoms with van der Waals surface area (Å²) in [5.74, 6) is 0.173. The number of esters is 1. The molecule has 3 rings (SSSR count). The number of aryl methyl sites for hydroxylation is 2. The van der Waals surface area contributed by atoms with Crippen molar-refractivity contribution in [2.24, 2.45) is 11.8 Å². The van der Waals surface area contributed by atoms with Crippen molar-refractivity contribution >= 4 is 22.9 Å². The van der Waals surface area contributed by atoms with Crippen LogP contribution in [0.25, 0.3) is 11.0 Å². The van der Waals surface area contributed by atoms with Gasteiger partial charge in [0, 0.05) is 19.6 Å². The fourth-order valence-electron chi connectivity index (χ4n) is 3.98. The molecule has 7 heteroatoms. The molecular formula is C21H27N3O4. The Bertz CT molecular complexity index is 956. The topological polar surface area (TPSA) is 81.5 Å². The van der Waals surface area contributed by atoms with Crippen molar-refractivity contribution in [1.29, 1.82) is 0 Å². The van der Waals surface area contributed by atoms with Crippen LogP contribution in [0.3, 0.4) is 0 Å². The minimum atomic E-state index is -0.568. The van der Waals surface area contributed by atoms with Gasteiger partial charge in [-0.25, -0.2) is 9.78 Å². The van der Waals surface area contributed by atoms with Crippen LogP contribution in [-0.2, 0) is 16.1 Å². The first kappa shape index (κ1) is 20.0. The second-order valence-electron chi connectivity index (χ2n) is 7.77. The molecule has 0 unspecified atom stereocenters. The molecule has 0 radical (unpaired) electrons. The molecule has 1 aromatic carbocycles. The highest BCUT2D eigenvalue weighted by Crippen LogP contribution is 2.21. The van der Waals surface area contributed by atoms with Crippen LogP contribution in [0.2, 0.25) is 0 Å². The highest BCUT2D eigenvalue weighted by atomic mass is 16.5. The van der Waals surface area contributed by atoms with Crippen LogP contribution in [0.4, 0.5) is 0 Å². The average molecular weight is 385 g/mol. The lowest BCUT2D eigenvalue weighted by Crippen LogP contribution is -2.44. The molecule has 1 aromatic heterocycles. The predicted molar refractivity (Wildman–Crippen MR) is 106 cm³/mol. The van der Waals surface area contributed by atoms with Crippen molar-refractivity contribution in [2.75, 3.05) is 19.7 Å². The summed E-state index contributed by atoms with van der Waals surface area (Å²) in [6, 6.07) is 4.90. The molecule has 2 aromatic rings. The number of hydrogen-bond donors (Lipinski definition) is 0. The van der Waals surface area contributed by atoms with Crippen molar-refractivity contribution in [3.63, 3.8) is 0 Å². The second kappa shape index (κ2) is 8.12. The largest absolute Gasteiger partial charge is 0.452 e. The maximum atomic E-state index is 12.4. The number of aromatic nitrogens is 2. The summed E-state index contributed by atoms with van der Waals surface area (Å²) in [5.41, 5.74) is 1.78. The van der Waals surface area contributed by atoms with Crippen LogP contribution in [0.1, 0.15) is 43.2 Å². The second-order valence-corrected chi connectivity index (χ2v) is 7.77. The zero-order valence-corrected chi connectivity index (χ0v) is 16.9. The highest BCUT2D eigenvalue weighted by molar-refractivity contribution is 5.94. The van der Waals surface area contributed by atoms with Gasteiger partial charge in [-0.1, -0.05) is 13.8 Å². The van der Waals surface area contributed by atoms with Gasteiger partial charge in [-0.05, 0) is 50.3 Å². The fourth-order valence-corrected chi connectivity index (χ4v) is 3.98. The van der Waals surface area contributed by atoms with Gasteiger partial charge in [-0.2, -0.15) is 0 Å². The SMILES string of the molecule is CCn1c(=O)c(C)nc2cc(C(=O)OCC(=O)N3C[C@H](C)C[C@H](C)C3)ccc21. The summed E-state index contributed by atoms with van der Waals surface area (Å²) >= 11 is 0. The first-order chi connectivity index (χ1) is 13.3. The molecule has 1 fully saturated rings. The van der Waals surface area contributed by atoms with Crippen LogP contribution < -0.4 is 5.56 Å². The van der Waals surface area contributed by atoms with Crippen molar-refractivity contribution in [3.05, 3.63) is 39.8 Å². The average Bonchev–Trinajstić information content (AvgIpc) is 2.65. The number of carbonyl (C=O) groups is 2. The summed E-state index contributed by atoms with van der Waals surface area (Å²) in [7, 11) is 0. The summed E-state index contributed by atoms with van der Waals surface area (Å²) in [6.07, 6.45) is 1.11. The van der Waals surface area contributed by atoms with Crippen LogP contribution in [0.15, 0.2) is 23.0 Å². The van der Waals surface area contributed by atoms with E-state index in [1.165, 1.54) is 0 Å². The van der Waals surface area contributed by atoms with E-state index in [0.29, 0.717) is 53.8 Å². The summed E-state index contributed by atoms with van der Waals surface area (Å²) in [5, 5.41) is 0. The minimum absolute atomic E-state index is 0.138. The Hall–Kier alpha value is -2.70. The fraction of sp³-hybridized carbons (Fsp3) is 0.524. The van der Waals surface area contributed by atoms with Gasteiger partial charge in [0.2, 0.25) is 0 Å². The molecule has 2 heterocycles. The smallest absolute Gasteiger partial charge is 0.338 e. The lowest BCUT2D eigenvalue weighted by atomic mass is 9.92. The number of amides is 1. The number of piperidine rings is 1. The molecule has 150 valence electrons. The van der Waals surface area contributed by atoms with Crippen molar-refractivity contribution in [1.82, 2.24) is 14.5 Å². The Balaban J connectivity index is 1.72. The number of benzene rings is 1. The molecule has 1 aliphatic heterocycles. The van der Waals surface area contributed by atoms with E-state index in [0.717, 1.165) is 6.42 Å². The van der Waals surface area contributed by atoms with Gasteiger partial charge in [0.1, 0.15) is 5.69 Å². The number of rotatable bonds is 4. The van der Waals surface area contributed by atoms with E-state index in [-0.39, 0.29) is 18.1 Å². The molecule has 2 atom stereocenters. The molecule has 7 nitrogen and oxygen atoms in total. The number of ether oxygens (including phenoxy) is 1. The number of fused-ring (bicyclic) bond motifs is 1. The minimum Gasteiger partial charge on any atom is -0.452 e. The molecule has 0 spiro atoms. The Kier molecular flexibility index (Phi) is 5.82. The van der Waals surface area contributed by atoms with Crippen molar-refractivity contribution in [2.45, 2.75) is 40.7 Å². The first-order valence-electron chi connectivity index (χ1n) is 9.76. The van der Waals surface area contributed by atoms with Crippen molar-refractivity contribution in [3.8, 4) is 0 Å². The zero-order valence-electron chi connectivity index (χ0n) is 16.9. The van der Waals surface area contributed by atoms with Crippen LogP contribution >= 0.6 is 0 Å². The van der Waals surface area contributed by atoms with Crippen molar-refractivity contribution < 1.29 is 14.3 Å². The van der Waals surface area contributed by atoms with Gasteiger partial charge in [0.15, 0.2) is 6.61 Å². The molecule has 1 amide bonds. The molecule has 0 bridgehead atoms. The summed E-state index contributed by atoms with van der Waals surface area (Å²) in [6.45, 7) is 9.45. The van der Waals surface area contributed by atoms with Crippen LogP contribution in [0.5, 0.6) is 0 Å². The Morgan fingerprint density at radius 2 is 1.89 bits per heavy atom. The van der Waals surface area contributed by atoms with Gasteiger partial charge >= 0.3 is 5.97 Å². The lowest BCUT2D eigenvalue weighted by molar-refractivity contribution is -0.137. The quantitative estimate of drug-likeness (QED) is 0.755. The van der Waals surface area contributed by atoms with Gasteiger partial charge < -0.3 is 14.2 Å². The third kappa shape index (κ3) is 4.08. The first-order valence-corrected chi connectivity index (χ1v) is 9.76. The molecular weight excluding hydrogens is 358 g/mol. The van der Waals surface area contributed by atoms with Gasteiger partial charge in [0.05, 0.1) is 16.6 Å². The van der Waals surface area contributed by atoms with Crippen LogP contribution in [0, 0.1) is 18.8 Å². The maximum Gasteiger partial charge on any atom is 0.338 e. The van der Waals surface area contributed by atoms with E-state index in [1.807, 2.05) is 6.92 Å². The van der Waals surface area contributed by atoms with E-state index in [2.05, 4.69) is 18.8 Å². The van der Waals surface area contributed by atoms with E-state index in [9.17, 15) is 14.4 Å². The number of carbonyl (C=O) groups excluding carboxylic acids is 2. The monoisotopic (exact) mass is 385 g/mol. The Labute approximate surface area is 164 Å². The van der Waals surface area contributed by atoms with E-state index in [1.54, 1.807) is 34.6 Å². The third-order valence-electron chi connectivity index (χ3n) is 5.21. The predicted octanol–water partition coefficient (Wildman–Crippen LogP) is 2.39.